The van der Waals surface area contributed by atoms with Crippen molar-refractivity contribution in [1.82, 2.24) is 5.73 Å². The molecule has 0 aliphatic carbocycles. The van der Waals surface area contributed by atoms with Gasteiger partial charge in [-0.1, -0.05) is 0 Å². The zero-order chi connectivity index (χ0) is 5.70. The summed E-state index contributed by atoms with van der Waals surface area (Å²) in [4.78, 5) is 10.0. The van der Waals surface area contributed by atoms with Gasteiger partial charge in [-0.05, 0) is 0 Å². The second-order valence-electron chi connectivity index (χ2n) is 0.931. The number of carbonyl (C=O) groups is 1. The van der Waals surface area contributed by atoms with Crippen molar-refractivity contribution < 1.29 is 9.53 Å². The smallest absolute Gasteiger partial charge is 0.310 e. The number of ether oxygens (including phenoxy) is 1. The Labute approximate surface area is 42.4 Å². The fraction of sp³-hybridized carbons (Fsp3) is 0.500. The molecule has 0 bridgehead atoms. The van der Waals surface area contributed by atoms with E-state index in [-0.39, 0.29) is 6.54 Å². The van der Waals surface area contributed by atoms with E-state index >= 15 is 0 Å². The second kappa shape index (κ2) is 3.61. The number of nitrogens with one attached hydrogen (secondary N) is 1. The molecule has 0 fully saturated rings. The van der Waals surface area contributed by atoms with E-state index in [9.17, 15) is 4.79 Å². The number of rotatable bonds is 2. The quantitative estimate of drug-likeness (QED) is 0.446. The molecule has 0 spiro atoms. The minimum Gasteiger partial charge on any atom is -0.469 e. The first-order valence-corrected chi connectivity index (χ1v) is 1.87. The second-order valence-corrected chi connectivity index (χ2v) is 0.931. The van der Waals surface area contributed by atoms with Gasteiger partial charge in [-0.2, -0.15) is 0 Å². The molecule has 0 aliphatic heterocycles. The Hall–Kier alpha value is -0.570. The third kappa shape index (κ3) is 3.26. The summed E-state index contributed by atoms with van der Waals surface area (Å²) < 4.78 is 4.18. The van der Waals surface area contributed by atoms with Crippen molar-refractivity contribution in [1.29, 1.82) is 0 Å². The van der Waals surface area contributed by atoms with Gasteiger partial charge in [-0.15, -0.1) is 0 Å². The molecule has 40 valence electrons. The van der Waals surface area contributed by atoms with Gasteiger partial charge in [0.1, 0.15) is 0 Å². The maximum absolute atomic E-state index is 10.0. The van der Waals surface area contributed by atoms with Gasteiger partial charge in [0.15, 0.2) is 0 Å². The molecular weight excluding hydrogens is 94.0 g/mol. The van der Waals surface area contributed by atoms with Crippen LogP contribution in [0.4, 0.5) is 0 Å². The molecule has 7 heavy (non-hydrogen) atoms. The van der Waals surface area contributed by atoms with E-state index in [0.29, 0.717) is 0 Å². The average molecular weight is 101 g/mol. The predicted octanol–water partition coefficient (Wildman–Crippen LogP) is -0.353. The normalized spacial score (nSPS) is 8.29. The summed E-state index contributed by atoms with van der Waals surface area (Å²) in [7, 11) is 1.29. The highest BCUT2D eigenvalue weighted by atomic mass is 16.5. The summed E-state index contributed by atoms with van der Waals surface area (Å²) in [5.74, 6) is -0.435. The van der Waals surface area contributed by atoms with E-state index in [1.165, 1.54) is 7.11 Å². The van der Waals surface area contributed by atoms with Gasteiger partial charge < -0.3 is 4.74 Å². The molecule has 0 amide bonds. The molecule has 0 aliphatic rings. The molecule has 0 aromatic heterocycles. The summed E-state index contributed by atoms with van der Waals surface area (Å²) >= 11 is 0. The van der Waals surface area contributed by atoms with Crippen molar-refractivity contribution in [3.63, 3.8) is 0 Å². The van der Waals surface area contributed by atoms with Gasteiger partial charge in [-0.3, -0.25) is 10.5 Å². The Balaban J connectivity index is 3.00. The van der Waals surface area contributed by atoms with Crippen LogP contribution < -0.4 is 5.73 Å². The molecule has 0 aromatic rings. The molecule has 1 N–H and O–H groups in total. The maximum Gasteiger partial charge on any atom is 0.310 e. The highest BCUT2D eigenvalue weighted by Gasteiger charge is 1.94. The van der Waals surface area contributed by atoms with Crippen LogP contribution in [0.5, 0.6) is 0 Å². The van der Waals surface area contributed by atoms with E-state index in [1.54, 1.807) is 0 Å². The first-order chi connectivity index (χ1) is 3.31. The molecule has 0 heterocycles. The lowest BCUT2D eigenvalue weighted by atomic mass is 10.4. The lowest BCUT2D eigenvalue weighted by molar-refractivity contribution is -0.136. The SMILES string of the molecule is COC(=O)[CH]C[NH]. The molecule has 3 heteroatoms. The lowest BCUT2D eigenvalue weighted by Crippen LogP contribution is -2.03. The third-order valence-corrected chi connectivity index (χ3v) is 0.470. The average Bonchev–Trinajstić information content (AvgIpc) is 1.68. The van der Waals surface area contributed by atoms with Crippen molar-refractivity contribution in [2.45, 2.75) is 0 Å². The Morgan fingerprint density at radius 1 is 2.00 bits per heavy atom. The summed E-state index contributed by atoms with van der Waals surface area (Å²) in [6, 6.07) is 0. The number of hydrogen-bond acceptors (Lipinski definition) is 2. The van der Waals surface area contributed by atoms with Gasteiger partial charge in [0.2, 0.25) is 0 Å². The van der Waals surface area contributed by atoms with Crippen LogP contribution in [0.3, 0.4) is 0 Å². The van der Waals surface area contributed by atoms with Crippen LogP contribution in [-0.4, -0.2) is 19.6 Å². The molecular formula is C4H7NO2. The summed E-state index contributed by atoms with van der Waals surface area (Å²) in [5.41, 5.74) is 6.48. The largest absolute Gasteiger partial charge is 0.469 e. The van der Waals surface area contributed by atoms with Crippen LogP contribution in [0, 0.1) is 6.42 Å². The maximum atomic E-state index is 10.0. The van der Waals surface area contributed by atoms with E-state index in [2.05, 4.69) is 4.74 Å². The Bertz CT molecular complexity index is 62.7. The number of hydrogen-bond donors (Lipinski definition) is 0. The van der Waals surface area contributed by atoms with Crippen LogP contribution >= 0.6 is 0 Å². The van der Waals surface area contributed by atoms with Crippen LogP contribution in [0.15, 0.2) is 0 Å². The van der Waals surface area contributed by atoms with E-state index in [4.69, 9.17) is 5.73 Å². The first-order valence-electron chi connectivity index (χ1n) is 1.87. The lowest BCUT2D eigenvalue weighted by Gasteiger charge is -1.90. The molecule has 0 rings (SSSR count). The van der Waals surface area contributed by atoms with Crippen molar-refractivity contribution in [2.75, 3.05) is 13.7 Å². The van der Waals surface area contributed by atoms with Gasteiger partial charge in [-0.25, -0.2) is 0 Å². The fourth-order valence-corrected chi connectivity index (χ4v) is 0.167. The van der Waals surface area contributed by atoms with E-state index in [1.807, 2.05) is 0 Å². The van der Waals surface area contributed by atoms with E-state index in [0.717, 1.165) is 6.42 Å². The Morgan fingerprint density at radius 3 is 2.71 bits per heavy atom. The van der Waals surface area contributed by atoms with Gasteiger partial charge in [0, 0.05) is 6.54 Å². The molecule has 3 nitrogen and oxygen atoms in total. The first kappa shape index (κ1) is 6.43. The highest BCUT2D eigenvalue weighted by molar-refractivity contribution is 5.78. The monoisotopic (exact) mass is 101 g/mol. The fourth-order valence-electron chi connectivity index (χ4n) is 0.167. The summed E-state index contributed by atoms with van der Waals surface area (Å²) in [5, 5.41) is 0. The van der Waals surface area contributed by atoms with Crippen LogP contribution in [0.25, 0.3) is 0 Å². The standard InChI is InChI=1S/C4H7NO2/c1-7-4(6)2-3-5/h2,5H,3H2,1H3. The van der Waals surface area contributed by atoms with Crippen molar-refractivity contribution in [2.24, 2.45) is 0 Å². The van der Waals surface area contributed by atoms with Gasteiger partial charge in [0.25, 0.3) is 0 Å². The molecule has 0 unspecified atom stereocenters. The number of esters is 1. The van der Waals surface area contributed by atoms with Crippen LogP contribution in [-0.2, 0) is 9.53 Å². The Kier molecular flexibility index (Phi) is 3.32. The van der Waals surface area contributed by atoms with Crippen molar-refractivity contribution in [3.05, 3.63) is 6.42 Å². The predicted molar refractivity (Wildman–Crippen MR) is 24.3 cm³/mol. The van der Waals surface area contributed by atoms with Gasteiger partial charge in [0.05, 0.1) is 13.5 Å². The molecule has 0 saturated carbocycles. The van der Waals surface area contributed by atoms with E-state index < -0.39 is 5.97 Å². The highest BCUT2D eigenvalue weighted by Crippen LogP contribution is 1.75. The molecule has 0 saturated heterocycles. The summed E-state index contributed by atoms with van der Waals surface area (Å²) in [6.07, 6.45) is 1.15. The summed E-state index contributed by atoms with van der Waals surface area (Å²) in [6.45, 7) is -0.00727. The molecule has 2 radical (unpaired) electrons. The molecule has 0 atom stereocenters. The van der Waals surface area contributed by atoms with Crippen LogP contribution in [0.2, 0.25) is 0 Å². The van der Waals surface area contributed by atoms with Gasteiger partial charge >= 0.3 is 5.97 Å². The minimum atomic E-state index is -0.435. The zero-order valence-corrected chi connectivity index (χ0v) is 4.10. The van der Waals surface area contributed by atoms with Crippen molar-refractivity contribution >= 4 is 5.97 Å². The number of carbonyl (C=O) groups excluding carboxylic acids is 1. The zero-order valence-electron chi connectivity index (χ0n) is 4.10. The minimum absolute atomic E-state index is 0.00727. The molecule has 0 aromatic carbocycles. The van der Waals surface area contributed by atoms with Crippen molar-refractivity contribution in [3.8, 4) is 0 Å². The van der Waals surface area contributed by atoms with Crippen LogP contribution in [0.1, 0.15) is 0 Å². The third-order valence-electron chi connectivity index (χ3n) is 0.470. The topological polar surface area (TPSA) is 50.1 Å². The Morgan fingerprint density at radius 2 is 2.57 bits per heavy atom. The number of methoxy groups -OCH3 is 1.